The van der Waals surface area contributed by atoms with Crippen LogP contribution in [0, 0.1) is 5.92 Å². The number of hydrogen-bond acceptors (Lipinski definition) is 2. The second-order valence-corrected chi connectivity index (χ2v) is 5.88. The monoisotopic (exact) mass is 297 g/mol. The summed E-state index contributed by atoms with van der Waals surface area (Å²) in [5.74, 6) is 0.377. The highest BCUT2D eigenvalue weighted by Crippen LogP contribution is 2.31. The van der Waals surface area contributed by atoms with Crippen LogP contribution in [0.1, 0.15) is 43.7 Å². The van der Waals surface area contributed by atoms with Gasteiger partial charge in [-0.25, -0.2) is 0 Å². The summed E-state index contributed by atoms with van der Waals surface area (Å²) in [7, 11) is 0. The van der Waals surface area contributed by atoms with Crippen molar-refractivity contribution in [2.24, 2.45) is 11.7 Å². The molecule has 0 saturated heterocycles. The van der Waals surface area contributed by atoms with Gasteiger partial charge in [-0.3, -0.25) is 0 Å². The van der Waals surface area contributed by atoms with Crippen LogP contribution in [0.4, 0.5) is 0 Å². The van der Waals surface area contributed by atoms with E-state index in [1.165, 1.54) is 19.3 Å². The molecule has 0 unspecified atom stereocenters. The Balaban J connectivity index is 2.02. The first-order valence-corrected chi connectivity index (χ1v) is 7.17. The average Bonchev–Trinajstić information content (AvgIpc) is 2.39. The van der Waals surface area contributed by atoms with Crippen LogP contribution in [0.15, 0.2) is 28.7 Å². The molecule has 0 bridgehead atoms. The number of halogens is 1. The molecule has 0 aromatic heterocycles. The fourth-order valence-corrected chi connectivity index (χ4v) is 2.92. The topological polar surface area (TPSA) is 46.2 Å². The quantitative estimate of drug-likeness (QED) is 0.898. The standard InChI is InChI=1S/C14H20BrNO/c15-12-8-6-10(7-9-12)13(16)14(17)11-4-2-1-3-5-11/h6-9,11,13-14,17H,1-5,16H2/t13-,14+/m1/s1. The number of hydrogen-bond donors (Lipinski definition) is 2. The zero-order valence-corrected chi connectivity index (χ0v) is 11.6. The first-order valence-electron chi connectivity index (χ1n) is 6.37. The van der Waals surface area contributed by atoms with Gasteiger partial charge in [0.15, 0.2) is 0 Å². The van der Waals surface area contributed by atoms with E-state index in [1.807, 2.05) is 24.3 Å². The number of benzene rings is 1. The van der Waals surface area contributed by atoms with E-state index in [9.17, 15) is 5.11 Å². The predicted molar refractivity (Wildman–Crippen MR) is 73.7 cm³/mol. The molecule has 2 atom stereocenters. The molecule has 2 nitrogen and oxygen atoms in total. The summed E-state index contributed by atoms with van der Waals surface area (Å²) in [4.78, 5) is 0. The van der Waals surface area contributed by atoms with Gasteiger partial charge in [0.05, 0.1) is 12.1 Å². The second-order valence-electron chi connectivity index (χ2n) is 4.97. The van der Waals surface area contributed by atoms with Gasteiger partial charge in [-0.05, 0) is 36.5 Å². The molecule has 0 heterocycles. The van der Waals surface area contributed by atoms with Gasteiger partial charge in [0.1, 0.15) is 0 Å². The minimum absolute atomic E-state index is 0.258. The van der Waals surface area contributed by atoms with Gasteiger partial charge >= 0.3 is 0 Å². The fourth-order valence-electron chi connectivity index (χ4n) is 2.65. The first kappa shape index (κ1) is 13.1. The smallest absolute Gasteiger partial charge is 0.0760 e. The van der Waals surface area contributed by atoms with Crippen LogP contribution in [0.5, 0.6) is 0 Å². The molecule has 17 heavy (non-hydrogen) atoms. The van der Waals surface area contributed by atoms with E-state index >= 15 is 0 Å². The minimum atomic E-state index is -0.406. The van der Waals surface area contributed by atoms with Gasteiger partial charge in [0, 0.05) is 4.47 Å². The molecule has 1 aromatic rings. The normalized spacial score (nSPS) is 21.1. The largest absolute Gasteiger partial charge is 0.391 e. The number of nitrogens with two attached hydrogens (primary N) is 1. The summed E-state index contributed by atoms with van der Waals surface area (Å²) in [5, 5.41) is 10.3. The Bertz CT molecular complexity index is 346. The Hall–Kier alpha value is -0.380. The third-order valence-corrected chi connectivity index (χ3v) is 4.28. The van der Waals surface area contributed by atoms with Crippen LogP contribution in [0.3, 0.4) is 0 Å². The molecule has 1 aromatic carbocycles. The van der Waals surface area contributed by atoms with Crippen molar-refractivity contribution in [2.75, 3.05) is 0 Å². The van der Waals surface area contributed by atoms with E-state index < -0.39 is 6.10 Å². The van der Waals surface area contributed by atoms with Crippen molar-refractivity contribution in [3.63, 3.8) is 0 Å². The molecule has 1 fully saturated rings. The molecule has 94 valence electrons. The van der Waals surface area contributed by atoms with Gasteiger partial charge in [-0.1, -0.05) is 47.3 Å². The summed E-state index contributed by atoms with van der Waals surface area (Å²) in [5.41, 5.74) is 7.17. The van der Waals surface area contributed by atoms with Crippen LogP contribution >= 0.6 is 15.9 Å². The van der Waals surface area contributed by atoms with E-state index in [0.717, 1.165) is 22.9 Å². The highest BCUT2D eigenvalue weighted by atomic mass is 79.9. The van der Waals surface area contributed by atoms with E-state index in [-0.39, 0.29) is 6.04 Å². The predicted octanol–water partition coefficient (Wildman–Crippen LogP) is 3.39. The molecule has 0 spiro atoms. The molecule has 2 rings (SSSR count). The molecule has 1 aliphatic carbocycles. The fraction of sp³-hybridized carbons (Fsp3) is 0.571. The van der Waals surface area contributed by atoms with Crippen molar-refractivity contribution in [2.45, 2.75) is 44.2 Å². The SMILES string of the molecule is N[C@H](c1ccc(Br)cc1)[C@@H](O)C1CCCCC1. The molecule has 0 amide bonds. The van der Waals surface area contributed by atoms with Gasteiger partial charge in [-0.15, -0.1) is 0 Å². The molecular formula is C14H20BrNO. The van der Waals surface area contributed by atoms with Crippen molar-refractivity contribution in [1.29, 1.82) is 0 Å². The van der Waals surface area contributed by atoms with Crippen LogP contribution in [-0.4, -0.2) is 11.2 Å². The minimum Gasteiger partial charge on any atom is -0.391 e. The van der Waals surface area contributed by atoms with Crippen molar-refractivity contribution >= 4 is 15.9 Å². The molecule has 3 N–H and O–H groups in total. The second kappa shape index (κ2) is 5.98. The maximum absolute atomic E-state index is 10.3. The Kier molecular flexibility index (Phi) is 4.60. The summed E-state index contributed by atoms with van der Waals surface area (Å²) >= 11 is 3.40. The van der Waals surface area contributed by atoms with Crippen LogP contribution in [-0.2, 0) is 0 Å². The third kappa shape index (κ3) is 3.30. The maximum Gasteiger partial charge on any atom is 0.0760 e. The number of aliphatic hydroxyl groups is 1. The van der Waals surface area contributed by atoms with Crippen molar-refractivity contribution < 1.29 is 5.11 Å². The highest BCUT2D eigenvalue weighted by Gasteiger charge is 2.27. The summed E-state index contributed by atoms with van der Waals surface area (Å²) in [6, 6.07) is 7.67. The molecule has 1 aliphatic rings. The van der Waals surface area contributed by atoms with Gasteiger partial charge < -0.3 is 10.8 Å². The Labute approximate surface area is 111 Å². The number of rotatable bonds is 3. The van der Waals surface area contributed by atoms with E-state index in [2.05, 4.69) is 15.9 Å². The summed E-state index contributed by atoms with van der Waals surface area (Å²) in [6.07, 6.45) is 5.59. The lowest BCUT2D eigenvalue weighted by atomic mass is 9.81. The molecule has 0 radical (unpaired) electrons. The van der Waals surface area contributed by atoms with Crippen molar-refractivity contribution in [1.82, 2.24) is 0 Å². The van der Waals surface area contributed by atoms with Crippen LogP contribution < -0.4 is 5.73 Å². The van der Waals surface area contributed by atoms with Gasteiger partial charge in [0.25, 0.3) is 0 Å². The number of aliphatic hydroxyl groups excluding tert-OH is 1. The Morgan fingerprint density at radius 2 is 1.71 bits per heavy atom. The Morgan fingerprint density at radius 3 is 2.29 bits per heavy atom. The molecule has 3 heteroatoms. The van der Waals surface area contributed by atoms with Gasteiger partial charge in [0.2, 0.25) is 0 Å². The maximum atomic E-state index is 10.3. The lowest BCUT2D eigenvalue weighted by molar-refractivity contribution is 0.0618. The Morgan fingerprint density at radius 1 is 1.12 bits per heavy atom. The van der Waals surface area contributed by atoms with E-state index in [1.54, 1.807) is 0 Å². The lowest BCUT2D eigenvalue weighted by Gasteiger charge is -2.30. The van der Waals surface area contributed by atoms with Crippen LogP contribution in [0.2, 0.25) is 0 Å². The first-order chi connectivity index (χ1) is 8.18. The van der Waals surface area contributed by atoms with E-state index in [0.29, 0.717) is 5.92 Å². The van der Waals surface area contributed by atoms with Crippen molar-refractivity contribution in [3.8, 4) is 0 Å². The molecular weight excluding hydrogens is 278 g/mol. The summed E-state index contributed by atoms with van der Waals surface area (Å²) < 4.78 is 1.04. The molecule has 0 aliphatic heterocycles. The summed E-state index contributed by atoms with van der Waals surface area (Å²) in [6.45, 7) is 0. The van der Waals surface area contributed by atoms with E-state index in [4.69, 9.17) is 5.73 Å². The third-order valence-electron chi connectivity index (χ3n) is 3.76. The van der Waals surface area contributed by atoms with Crippen LogP contribution in [0.25, 0.3) is 0 Å². The van der Waals surface area contributed by atoms with Crippen molar-refractivity contribution in [3.05, 3.63) is 34.3 Å². The zero-order chi connectivity index (χ0) is 12.3. The van der Waals surface area contributed by atoms with Gasteiger partial charge in [-0.2, -0.15) is 0 Å². The highest BCUT2D eigenvalue weighted by molar-refractivity contribution is 9.10. The molecule has 1 saturated carbocycles. The lowest BCUT2D eigenvalue weighted by Crippen LogP contribution is -2.34. The average molecular weight is 298 g/mol. The zero-order valence-electron chi connectivity index (χ0n) is 9.98.